The Bertz CT molecular complexity index is 543. The third kappa shape index (κ3) is 3.62. The number of aromatic nitrogens is 1. The predicted molar refractivity (Wildman–Crippen MR) is 79.9 cm³/mol. The van der Waals surface area contributed by atoms with Gasteiger partial charge in [-0.15, -0.1) is 0 Å². The first-order chi connectivity index (χ1) is 9.42. The second-order valence-electron chi connectivity index (χ2n) is 5.89. The molecule has 1 saturated carbocycles. The Morgan fingerprint density at radius 1 is 1.30 bits per heavy atom. The van der Waals surface area contributed by atoms with Crippen molar-refractivity contribution in [3.63, 3.8) is 0 Å². The average Bonchev–Trinajstić information content (AvgIpc) is 2.75. The molecule has 114 valence electrons. The number of aryl methyl sites for hydroxylation is 1. The highest BCUT2D eigenvalue weighted by Crippen LogP contribution is 2.25. The van der Waals surface area contributed by atoms with Crippen LogP contribution < -0.4 is 10.0 Å². The van der Waals surface area contributed by atoms with E-state index in [1.807, 2.05) is 18.7 Å². The zero-order chi connectivity index (χ0) is 14.8. The van der Waals surface area contributed by atoms with E-state index < -0.39 is 10.0 Å². The molecule has 0 saturated heterocycles. The van der Waals surface area contributed by atoms with E-state index in [2.05, 4.69) is 17.0 Å². The second-order valence-corrected chi connectivity index (χ2v) is 7.60. The molecule has 1 aliphatic carbocycles. The molecule has 1 aliphatic rings. The van der Waals surface area contributed by atoms with Crippen LogP contribution in [0.25, 0.3) is 0 Å². The minimum absolute atomic E-state index is 0.0872. The van der Waals surface area contributed by atoms with Crippen molar-refractivity contribution in [1.29, 1.82) is 0 Å². The lowest BCUT2D eigenvalue weighted by Crippen LogP contribution is -2.37. The van der Waals surface area contributed by atoms with Crippen LogP contribution in [0.5, 0.6) is 0 Å². The van der Waals surface area contributed by atoms with Gasteiger partial charge in [-0.1, -0.05) is 6.92 Å². The van der Waals surface area contributed by atoms with Gasteiger partial charge in [0.1, 0.15) is 0 Å². The molecule has 0 aromatic carbocycles. The molecule has 0 aliphatic heterocycles. The number of sulfonamides is 1. The molecule has 1 aromatic heterocycles. The van der Waals surface area contributed by atoms with E-state index in [-0.39, 0.29) is 6.04 Å². The van der Waals surface area contributed by atoms with Gasteiger partial charge in [0, 0.05) is 31.5 Å². The molecule has 2 rings (SSSR count). The molecule has 0 radical (unpaired) electrons. The van der Waals surface area contributed by atoms with Crippen LogP contribution in [0.2, 0.25) is 0 Å². The molecule has 0 unspecified atom stereocenters. The van der Waals surface area contributed by atoms with Crippen LogP contribution in [-0.2, 0) is 23.6 Å². The first-order valence-corrected chi connectivity index (χ1v) is 8.73. The molecule has 0 spiro atoms. The molecule has 0 atom stereocenters. The lowest BCUT2D eigenvalue weighted by Gasteiger charge is -2.26. The number of nitrogens with zero attached hydrogens (tertiary/aromatic N) is 1. The van der Waals surface area contributed by atoms with E-state index in [0.29, 0.717) is 11.4 Å². The van der Waals surface area contributed by atoms with Gasteiger partial charge >= 0.3 is 0 Å². The molecule has 0 bridgehead atoms. The minimum atomic E-state index is -3.40. The quantitative estimate of drug-likeness (QED) is 0.868. The van der Waals surface area contributed by atoms with Gasteiger partial charge in [-0.25, -0.2) is 13.1 Å². The molecular formula is C14H25N3O2S. The molecular weight excluding hydrogens is 274 g/mol. The highest BCUT2D eigenvalue weighted by atomic mass is 32.2. The molecule has 2 N–H and O–H groups in total. The Morgan fingerprint density at radius 2 is 1.95 bits per heavy atom. The highest BCUT2D eigenvalue weighted by Gasteiger charge is 2.25. The SMILES string of the molecule is CNCc1cc(S(=O)(=O)NC2CCC(C)CC2)cn1C. The number of rotatable bonds is 5. The smallest absolute Gasteiger partial charge is 0.242 e. The van der Waals surface area contributed by atoms with E-state index >= 15 is 0 Å². The van der Waals surface area contributed by atoms with E-state index in [0.717, 1.165) is 37.3 Å². The van der Waals surface area contributed by atoms with Crippen molar-refractivity contribution in [3.05, 3.63) is 18.0 Å². The molecule has 1 fully saturated rings. The molecule has 1 aromatic rings. The van der Waals surface area contributed by atoms with Crippen molar-refractivity contribution in [2.75, 3.05) is 7.05 Å². The normalized spacial score (nSPS) is 23.9. The summed E-state index contributed by atoms with van der Waals surface area (Å²) in [5.41, 5.74) is 0.963. The summed E-state index contributed by atoms with van der Waals surface area (Å²) in [6, 6.07) is 1.83. The third-order valence-electron chi connectivity index (χ3n) is 4.09. The summed E-state index contributed by atoms with van der Waals surface area (Å²) < 4.78 is 29.5. The van der Waals surface area contributed by atoms with Gasteiger partial charge in [0.25, 0.3) is 0 Å². The fourth-order valence-corrected chi connectivity index (χ4v) is 4.14. The first kappa shape index (κ1) is 15.5. The van der Waals surface area contributed by atoms with Crippen LogP contribution >= 0.6 is 0 Å². The van der Waals surface area contributed by atoms with Crippen molar-refractivity contribution >= 4 is 10.0 Å². The van der Waals surface area contributed by atoms with E-state index in [9.17, 15) is 8.42 Å². The standard InChI is InChI=1S/C14H25N3O2S/c1-11-4-6-12(7-5-11)16-20(18,19)14-8-13(9-15-2)17(3)10-14/h8,10-12,15-16H,4-7,9H2,1-3H3. The topological polar surface area (TPSA) is 63.1 Å². The van der Waals surface area contributed by atoms with Crippen LogP contribution in [0.15, 0.2) is 17.2 Å². The average molecular weight is 299 g/mol. The van der Waals surface area contributed by atoms with Gasteiger partial charge in [-0.3, -0.25) is 0 Å². The van der Waals surface area contributed by atoms with Gasteiger partial charge in [0.15, 0.2) is 0 Å². The number of nitrogens with one attached hydrogen (secondary N) is 2. The Morgan fingerprint density at radius 3 is 2.55 bits per heavy atom. The lowest BCUT2D eigenvalue weighted by molar-refractivity contribution is 0.332. The van der Waals surface area contributed by atoms with E-state index in [4.69, 9.17) is 0 Å². The third-order valence-corrected chi connectivity index (χ3v) is 5.58. The summed E-state index contributed by atoms with van der Waals surface area (Å²) in [5.74, 6) is 0.717. The van der Waals surface area contributed by atoms with Gasteiger partial charge in [0.05, 0.1) is 4.90 Å². The van der Waals surface area contributed by atoms with Gasteiger partial charge in [-0.05, 0) is 44.7 Å². The minimum Gasteiger partial charge on any atom is -0.352 e. The zero-order valence-corrected chi connectivity index (χ0v) is 13.3. The summed E-state index contributed by atoms with van der Waals surface area (Å²) in [6.45, 7) is 2.89. The van der Waals surface area contributed by atoms with Crippen LogP contribution in [-0.4, -0.2) is 26.1 Å². The fraction of sp³-hybridized carbons (Fsp3) is 0.714. The number of hydrogen-bond acceptors (Lipinski definition) is 3. The molecule has 0 amide bonds. The summed E-state index contributed by atoms with van der Waals surface area (Å²) in [7, 11) is 0.323. The van der Waals surface area contributed by atoms with Crippen LogP contribution in [0.3, 0.4) is 0 Å². The van der Waals surface area contributed by atoms with Crippen LogP contribution in [0.1, 0.15) is 38.3 Å². The Labute approximate surface area is 121 Å². The number of hydrogen-bond donors (Lipinski definition) is 2. The van der Waals surface area contributed by atoms with E-state index in [1.165, 1.54) is 0 Å². The largest absolute Gasteiger partial charge is 0.352 e. The maximum Gasteiger partial charge on any atom is 0.242 e. The van der Waals surface area contributed by atoms with Crippen molar-refractivity contribution in [2.24, 2.45) is 13.0 Å². The molecule has 5 nitrogen and oxygen atoms in total. The summed E-state index contributed by atoms with van der Waals surface area (Å²) >= 11 is 0. The summed E-state index contributed by atoms with van der Waals surface area (Å²) in [5, 5.41) is 3.04. The summed E-state index contributed by atoms with van der Waals surface area (Å²) in [4.78, 5) is 0.365. The van der Waals surface area contributed by atoms with Crippen molar-refractivity contribution in [3.8, 4) is 0 Å². The van der Waals surface area contributed by atoms with Crippen LogP contribution in [0.4, 0.5) is 0 Å². The monoisotopic (exact) mass is 299 g/mol. The van der Waals surface area contributed by atoms with Crippen molar-refractivity contribution < 1.29 is 8.42 Å². The Hall–Kier alpha value is -0.850. The zero-order valence-electron chi connectivity index (χ0n) is 12.5. The summed E-state index contributed by atoms with van der Waals surface area (Å²) in [6.07, 6.45) is 5.77. The second kappa shape index (κ2) is 6.28. The van der Waals surface area contributed by atoms with Crippen LogP contribution in [0, 0.1) is 5.92 Å². The van der Waals surface area contributed by atoms with Crippen molar-refractivity contribution in [1.82, 2.24) is 14.6 Å². The lowest BCUT2D eigenvalue weighted by atomic mass is 9.88. The maximum absolute atomic E-state index is 12.4. The van der Waals surface area contributed by atoms with Gasteiger partial charge in [-0.2, -0.15) is 0 Å². The molecule has 1 heterocycles. The fourth-order valence-electron chi connectivity index (χ4n) is 2.75. The van der Waals surface area contributed by atoms with Gasteiger partial charge < -0.3 is 9.88 Å². The predicted octanol–water partition coefficient (Wildman–Crippen LogP) is 1.60. The Kier molecular flexibility index (Phi) is 4.88. The Balaban J connectivity index is 2.08. The van der Waals surface area contributed by atoms with Crippen molar-refractivity contribution in [2.45, 2.75) is 50.1 Å². The maximum atomic E-state index is 12.4. The highest BCUT2D eigenvalue weighted by molar-refractivity contribution is 7.89. The molecule has 6 heteroatoms. The molecule has 20 heavy (non-hydrogen) atoms. The first-order valence-electron chi connectivity index (χ1n) is 7.24. The van der Waals surface area contributed by atoms with E-state index in [1.54, 1.807) is 12.3 Å². The van der Waals surface area contributed by atoms with Gasteiger partial charge in [0.2, 0.25) is 10.0 Å².